The molecule has 0 aliphatic carbocycles. The number of aliphatic hydroxyl groups excluding tert-OH is 1. The summed E-state index contributed by atoms with van der Waals surface area (Å²) in [6, 6.07) is 0. The fourth-order valence-corrected chi connectivity index (χ4v) is 3.35. The molecule has 1 heterocycles. The van der Waals surface area contributed by atoms with Crippen LogP contribution in [-0.4, -0.2) is 68.2 Å². The number of hydrogen-bond acceptors (Lipinski definition) is 8. The minimum atomic E-state index is -1.14. The van der Waals surface area contributed by atoms with Crippen LogP contribution in [0.2, 0.25) is 0 Å². The summed E-state index contributed by atoms with van der Waals surface area (Å²) in [5.41, 5.74) is -1.07. The van der Waals surface area contributed by atoms with Crippen molar-refractivity contribution in [1.82, 2.24) is 14.5 Å². The topological polar surface area (TPSA) is 120 Å². The number of ether oxygens (including phenoxy) is 3. The highest BCUT2D eigenvalue weighted by atomic mass is 16.6. The Bertz CT molecular complexity index is 863. The molecule has 0 aromatic carbocycles. The molecule has 2 amide bonds. The molecule has 2 atom stereocenters. The molecule has 10 heteroatoms. The highest BCUT2D eigenvalue weighted by molar-refractivity contribution is 5.88. The minimum Gasteiger partial charge on any atom is -0.465 e. The quantitative estimate of drug-likeness (QED) is 0.324. The van der Waals surface area contributed by atoms with E-state index in [1.165, 1.54) is 0 Å². The Morgan fingerprint density at radius 3 is 2.00 bits per heavy atom. The maximum Gasteiger partial charge on any atom is 0.419 e. The number of rotatable bonds is 10. The monoisotopic (exact) mass is 525 g/mol. The van der Waals surface area contributed by atoms with E-state index in [0.717, 1.165) is 17.9 Å². The Kier molecular flexibility index (Phi) is 11.6. The van der Waals surface area contributed by atoms with Gasteiger partial charge in [-0.2, -0.15) is 0 Å². The number of amides is 2. The number of hydrogen-bond donors (Lipinski definition) is 1. The summed E-state index contributed by atoms with van der Waals surface area (Å²) in [6.45, 7) is 19.2. The van der Waals surface area contributed by atoms with Gasteiger partial charge in [0, 0.05) is 19.3 Å². The standard InChI is InChI=1S/C27H47N3O7/c1-11-35-22(32)21(19-17-29(18-28-19)16-14-25(2,3)4)20(31)13-12-15-30(23(33)36-26(5,6)7)24(34)37-27(8,9)10/h17-18,20-21,31H,11-16H2,1-10H3. The van der Waals surface area contributed by atoms with Crippen molar-refractivity contribution in [1.29, 1.82) is 0 Å². The van der Waals surface area contributed by atoms with Crippen molar-refractivity contribution in [2.45, 2.75) is 118 Å². The number of imide groups is 1. The highest BCUT2D eigenvalue weighted by Gasteiger charge is 2.34. The van der Waals surface area contributed by atoms with Crippen LogP contribution in [0.15, 0.2) is 12.5 Å². The fourth-order valence-electron chi connectivity index (χ4n) is 3.35. The molecule has 212 valence electrons. The normalized spacial score (nSPS) is 14.0. The van der Waals surface area contributed by atoms with Crippen LogP contribution in [0.5, 0.6) is 0 Å². The molecule has 10 nitrogen and oxygen atoms in total. The Hall–Kier alpha value is -2.62. The van der Waals surface area contributed by atoms with Gasteiger partial charge in [-0.3, -0.25) is 4.79 Å². The highest BCUT2D eigenvalue weighted by Crippen LogP contribution is 2.25. The maximum atomic E-state index is 12.7. The number of aryl methyl sites for hydroxylation is 1. The van der Waals surface area contributed by atoms with E-state index in [4.69, 9.17) is 14.2 Å². The van der Waals surface area contributed by atoms with Crippen LogP contribution in [0.1, 0.15) is 100 Å². The fraction of sp³-hybridized carbons (Fsp3) is 0.778. The van der Waals surface area contributed by atoms with Gasteiger partial charge >= 0.3 is 18.2 Å². The van der Waals surface area contributed by atoms with Crippen LogP contribution in [0.4, 0.5) is 9.59 Å². The summed E-state index contributed by atoms with van der Waals surface area (Å²) in [7, 11) is 0. The molecule has 0 spiro atoms. The lowest BCUT2D eigenvalue weighted by atomic mass is 9.92. The number of aliphatic hydroxyl groups is 1. The predicted octanol–water partition coefficient (Wildman–Crippen LogP) is 5.28. The van der Waals surface area contributed by atoms with Gasteiger partial charge in [-0.15, -0.1) is 0 Å². The smallest absolute Gasteiger partial charge is 0.419 e. The largest absolute Gasteiger partial charge is 0.465 e. The van der Waals surface area contributed by atoms with Gasteiger partial charge in [0.2, 0.25) is 0 Å². The van der Waals surface area contributed by atoms with Gasteiger partial charge in [-0.25, -0.2) is 19.5 Å². The van der Waals surface area contributed by atoms with E-state index in [9.17, 15) is 19.5 Å². The molecule has 1 N–H and O–H groups in total. The molecule has 0 fully saturated rings. The van der Waals surface area contributed by atoms with Crippen molar-refractivity contribution < 1.29 is 33.7 Å². The first kappa shape index (κ1) is 32.4. The van der Waals surface area contributed by atoms with Gasteiger partial charge < -0.3 is 23.9 Å². The first-order valence-corrected chi connectivity index (χ1v) is 12.9. The number of aromatic nitrogens is 2. The molecule has 2 unspecified atom stereocenters. The number of carbonyl (C=O) groups excluding carboxylic acids is 3. The van der Waals surface area contributed by atoms with E-state index in [-0.39, 0.29) is 31.4 Å². The van der Waals surface area contributed by atoms with Crippen molar-refractivity contribution in [3.05, 3.63) is 18.2 Å². The summed E-state index contributed by atoms with van der Waals surface area (Å²) in [5.74, 6) is -1.57. The lowest BCUT2D eigenvalue weighted by molar-refractivity contribution is -0.148. The van der Waals surface area contributed by atoms with E-state index in [1.54, 1.807) is 61.0 Å². The van der Waals surface area contributed by atoms with Gasteiger partial charge in [-0.05, 0) is 73.1 Å². The van der Waals surface area contributed by atoms with Gasteiger partial charge in [0.05, 0.1) is 24.7 Å². The Morgan fingerprint density at radius 2 is 1.54 bits per heavy atom. The zero-order valence-electron chi connectivity index (χ0n) is 24.3. The zero-order valence-corrected chi connectivity index (χ0v) is 24.3. The van der Waals surface area contributed by atoms with Crippen LogP contribution >= 0.6 is 0 Å². The third kappa shape index (κ3) is 12.5. The van der Waals surface area contributed by atoms with Crippen molar-refractivity contribution in [3.8, 4) is 0 Å². The zero-order chi connectivity index (χ0) is 28.6. The molecule has 0 saturated heterocycles. The predicted molar refractivity (Wildman–Crippen MR) is 140 cm³/mol. The van der Waals surface area contributed by atoms with Gasteiger partial charge in [0.15, 0.2) is 0 Å². The van der Waals surface area contributed by atoms with E-state index >= 15 is 0 Å². The van der Waals surface area contributed by atoms with Gasteiger partial charge in [-0.1, -0.05) is 20.8 Å². The number of nitrogens with zero attached hydrogens (tertiary/aromatic N) is 3. The Morgan fingerprint density at radius 1 is 1.00 bits per heavy atom. The third-order valence-electron chi connectivity index (χ3n) is 5.13. The van der Waals surface area contributed by atoms with Crippen molar-refractivity contribution >= 4 is 18.2 Å². The van der Waals surface area contributed by atoms with Crippen LogP contribution < -0.4 is 0 Å². The molecular formula is C27H47N3O7. The molecule has 0 aliphatic heterocycles. The number of carbonyl (C=O) groups is 3. The number of esters is 1. The molecule has 1 aromatic heterocycles. The SMILES string of the molecule is CCOC(=O)C(c1cn(CCC(C)(C)C)cn1)C(O)CCCN(C(=O)OC(C)(C)C)C(=O)OC(C)(C)C. The van der Waals surface area contributed by atoms with Gasteiger partial charge in [0.1, 0.15) is 17.1 Å². The lowest BCUT2D eigenvalue weighted by Crippen LogP contribution is -2.44. The van der Waals surface area contributed by atoms with Crippen LogP contribution in [0.25, 0.3) is 0 Å². The molecule has 1 rings (SSSR count). The second-order valence-corrected chi connectivity index (χ2v) is 12.4. The molecule has 37 heavy (non-hydrogen) atoms. The molecular weight excluding hydrogens is 478 g/mol. The van der Waals surface area contributed by atoms with E-state index in [0.29, 0.717) is 5.69 Å². The van der Waals surface area contributed by atoms with Gasteiger partial charge in [0.25, 0.3) is 0 Å². The average molecular weight is 526 g/mol. The van der Waals surface area contributed by atoms with Crippen LogP contribution in [0.3, 0.4) is 0 Å². The van der Waals surface area contributed by atoms with Crippen molar-refractivity contribution in [2.24, 2.45) is 5.41 Å². The summed E-state index contributed by atoms with van der Waals surface area (Å²) < 4.78 is 17.8. The van der Waals surface area contributed by atoms with E-state index < -0.39 is 41.4 Å². The van der Waals surface area contributed by atoms with Crippen molar-refractivity contribution in [3.63, 3.8) is 0 Å². The molecule has 0 radical (unpaired) electrons. The first-order chi connectivity index (χ1) is 16.8. The Balaban J connectivity index is 2.99. The first-order valence-electron chi connectivity index (χ1n) is 12.9. The second kappa shape index (κ2) is 13.3. The summed E-state index contributed by atoms with van der Waals surface area (Å²) >= 11 is 0. The second-order valence-electron chi connectivity index (χ2n) is 12.4. The molecule has 1 aromatic rings. The van der Waals surface area contributed by atoms with Crippen LogP contribution in [0, 0.1) is 5.41 Å². The number of imidazole rings is 1. The Labute approximate surface area is 221 Å². The van der Waals surface area contributed by atoms with Crippen LogP contribution in [-0.2, 0) is 25.5 Å². The van der Waals surface area contributed by atoms with E-state index in [2.05, 4.69) is 25.8 Å². The molecule has 0 saturated carbocycles. The summed E-state index contributed by atoms with van der Waals surface area (Å²) in [6.07, 6.45) is 1.83. The molecule has 0 bridgehead atoms. The minimum absolute atomic E-state index is 0.0591. The summed E-state index contributed by atoms with van der Waals surface area (Å²) in [4.78, 5) is 43.4. The lowest BCUT2D eigenvalue weighted by Gasteiger charge is -2.29. The maximum absolute atomic E-state index is 12.7. The third-order valence-corrected chi connectivity index (χ3v) is 5.13. The van der Waals surface area contributed by atoms with E-state index in [1.807, 2.05) is 4.57 Å². The average Bonchev–Trinajstić information content (AvgIpc) is 3.15. The van der Waals surface area contributed by atoms with Crippen molar-refractivity contribution in [2.75, 3.05) is 13.2 Å². The molecule has 0 aliphatic rings. The summed E-state index contributed by atoms with van der Waals surface area (Å²) in [5, 5.41) is 11.0.